The number of fused-ring (bicyclic) bond motifs is 1. The standard InChI is InChI=1S/C31H45N7O6/c1-3-4-18-44-30-34-28(32)27-29(35-30)38(31(42)33-27)15-7-14-37(21-23-9-5-8-22(19-23)20-26(41)43-2)24-11-16-36(17-12-24)13-6-10-25(39)40/h5,8-9,19,24H,3-4,6-7,10-18,20-21H2,1-2H3,(H,33,42)(H,39,40)(H2,32,34,35). The maximum atomic E-state index is 12.9. The number of carbonyl (C=O) groups is 2. The zero-order valence-electron chi connectivity index (χ0n) is 25.8. The Morgan fingerprint density at radius 1 is 1.14 bits per heavy atom. The SMILES string of the molecule is CCCCOc1nc(N)c2[nH]c(=O)n(CCCN(Cc3cccc(CC(=O)OC)c3)C3CCN(CCCC(=O)O)CC3)c2n1. The highest BCUT2D eigenvalue weighted by Gasteiger charge is 2.25. The minimum absolute atomic E-state index is 0.166. The maximum Gasteiger partial charge on any atom is 0.327 e. The van der Waals surface area contributed by atoms with Crippen molar-refractivity contribution in [2.24, 2.45) is 0 Å². The monoisotopic (exact) mass is 611 g/mol. The molecule has 13 heteroatoms. The number of methoxy groups -OCH3 is 1. The first-order valence-electron chi connectivity index (χ1n) is 15.5. The summed E-state index contributed by atoms with van der Waals surface area (Å²) in [7, 11) is 1.39. The van der Waals surface area contributed by atoms with E-state index in [1.54, 1.807) is 4.57 Å². The summed E-state index contributed by atoms with van der Waals surface area (Å²) in [5.41, 5.74) is 8.69. The van der Waals surface area contributed by atoms with Crippen molar-refractivity contribution in [1.29, 1.82) is 0 Å². The Morgan fingerprint density at radius 3 is 2.64 bits per heavy atom. The number of carboxylic acid groups (broad SMARTS) is 1. The van der Waals surface area contributed by atoms with E-state index in [2.05, 4.69) is 43.8 Å². The first-order chi connectivity index (χ1) is 21.3. The molecule has 240 valence electrons. The molecule has 3 aromatic rings. The van der Waals surface area contributed by atoms with E-state index in [0.717, 1.165) is 63.0 Å². The van der Waals surface area contributed by atoms with Crippen LogP contribution < -0.4 is 16.2 Å². The van der Waals surface area contributed by atoms with Gasteiger partial charge in [-0.25, -0.2) is 4.79 Å². The van der Waals surface area contributed by atoms with E-state index in [1.165, 1.54) is 7.11 Å². The van der Waals surface area contributed by atoms with Crippen molar-refractivity contribution in [3.8, 4) is 6.01 Å². The van der Waals surface area contributed by atoms with E-state index in [-0.39, 0.29) is 36.3 Å². The van der Waals surface area contributed by atoms with Gasteiger partial charge in [0.2, 0.25) is 0 Å². The summed E-state index contributed by atoms with van der Waals surface area (Å²) >= 11 is 0. The van der Waals surface area contributed by atoms with Gasteiger partial charge in [-0.3, -0.25) is 19.1 Å². The number of nitrogens with zero attached hydrogens (tertiary/aromatic N) is 5. The topological polar surface area (TPSA) is 169 Å². The van der Waals surface area contributed by atoms with Gasteiger partial charge in [0.1, 0.15) is 5.52 Å². The van der Waals surface area contributed by atoms with Crippen LogP contribution in [0.25, 0.3) is 11.2 Å². The van der Waals surface area contributed by atoms with Crippen LogP contribution in [0.15, 0.2) is 29.1 Å². The van der Waals surface area contributed by atoms with Crippen LogP contribution in [-0.4, -0.2) is 92.3 Å². The van der Waals surface area contributed by atoms with E-state index >= 15 is 0 Å². The Bertz CT molecular complexity index is 1450. The molecule has 0 amide bonds. The van der Waals surface area contributed by atoms with Crippen molar-refractivity contribution >= 4 is 28.9 Å². The van der Waals surface area contributed by atoms with E-state index < -0.39 is 5.97 Å². The predicted octanol–water partition coefficient (Wildman–Crippen LogP) is 2.82. The Hall–Kier alpha value is -3.97. The number of carboxylic acids is 1. The van der Waals surface area contributed by atoms with Crippen molar-refractivity contribution in [2.75, 3.05) is 45.6 Å². The molecule has 2 aromatic heterocycles. The minimum Gasteiger partial charge on any atom is -0.481 e. The molecule has 0 aliphatic carbocycles. The zero-order chi connectivity index (χ0) is 31.5. The van der Waals surface area contributed by atoms with E-state index in [4.69, 9.17) is 20.3 Å². The number of carbonyl (C=O) groups excluding carboxylic acids is 1. The Morgan fingerprint density at radius 2 is 1.91 bits per heavy atom. The second-order valence-corrected chi connectivity index (χ2v) is 11.3. The largest absolute Gasteiger partial charge is 0.481 e. The summed E-state index contributed by atoms with van der Waals surface area (Å²) < 4.78 is 12.1. The Kier molecular flexibility index (Phi) is 12.1. The van der Waals surface area contributed by atoms with E-state index in [1.807, 2.05) is 12.1 Å². The van der Waals surface area contributed by atoms with E-state index in [0.29, 0.717) is 49.7 Å². The fourth-order valence-corrected chi connectivity index (χ4v) is 5.71. The summed E-state index contributed by atoms with van der Waals surface area (Å²) in [6, 6.07) is 8.50. The van der Waals surface area contributed by atoms with Gasteiger partial charge in [0.15, 0.2) is 11.5 Å². The lowest BCUT2D eigenvalue weighted by Gasteiger charge is -2.39. The van der Waals surface area contributed by atoms with Crippen LogP contribution in [0.5, 0.6) is 6.01 Å². The third-order valence-electron chi connectivity index (χ3n) is 8.08. The van der Waals surface area contributed by atoms with Crippen LogP contribution in [0.2, 0.25) is 0 Å². The molecule has 1 fully saturated rings. The van der Waals surface area contributed by atoms with Gasteiger partial charge in [-0.1, -0.05) is 37.6 Å². The van der Waals surface area contributed by atoms with Gasteiger partial charge in [-0.05, 0) is 62.9 Å². The molecule has 0 atom stereocenters. The van der Waals surface area contributed by atoms with Gasteiger partial charge >= 0.3 is 23.6 Å². The molecule has 1 aliphatic rings. The number of nitrogens with two attached hydrogens (primary N) is 1. The molecule has 0 saturated carbocycles. The van der Waals surface area contributed by atoms with Crippen molar-refractivity contribution in [3.63, 3.8) is 0 Å². The van der Waals surface area contributed by atoms with Crippen molar-refractivity contribution < 1.29 is 24.2 Å². The number of esters is 1. The quantitative estimate of drug-likeness (QED) is 0.152. The highest BCUT2D eigenvalue weighted by atomic mass is 16.5. The van der Waals surface area contributed by atoms with Crippen LogP contribution >= 0.6 is 0 Å². The minimum atomic E-state index is -0.760. The number of ether oxygens (including phenoxy) is 2. The fraction of sp³-hybridized carbons (Fsp3) is 0.581. The molecule has 1 aliphatic heterocycles. The second-order valence-electron chi connectivity index (χ2n) is 11.3. The lowest BCUT2D eigenvalue weighted by molar-refractivity contribution is -0.140. The first-order valence-corrected chi connectivity index (χ1v) is 15.5. The fourth-order valence-electron chi connectivity index (χ4n) is 5.71. The molecule has 0 spiro atoms. The highest BCUT2D eigenvalue weighted by molar-refractivity contribution is 5.81. The van der Waals surface area contributed by atoms with Gasteiger partial charge in [0.25, 0.3) is 0 Å². The Balaban J connectivity index is 1.46. The molecule has 4 rings (SSSR count). The average Bonchev–Trinajstić information content (AvgIpc) is 3.32. The number of piperidine rings is 1. The van der Waals surface area contributed by atoms with Gasteiger partial charge in [0, 0.05) is 32.1 Å². The number of hydrogen-bond acceptors (Lipinski definition) is 10. The first kappa shape index (κ1) is 32.9. The molecule has 44 heavy (non-hydrogen) atoms. The molecule has 0 radical (unpaired) electrons. The van der Waals surface area contributed by atoms with E-state index in [9.17, 15) is 14.4 Å². The molecular formula is C31H45N7O6. The van der Waals surface area contributed by atoms with Crippen LogP contribution in [0.3, 0.4) is 0 Å². The molecule has 0 bridgehead atoms. The second kappa shape index (κ2) is 16.2. The number of anilines is 1. The number of aromatic amines is 1. The summed E-state index contributed by atoms with van der Waals surface area (Å²) in [6.45, 7) is 7.02. The maximum absolute atomic E-state index is 12.9. The summed E-state index contributed by atoms with van der Waals surface area (Å²) in [4.78, 5) is 52.0. The number of nitrogen functional groups attached to an aromatic ring is 1. The third kappa shape index (κ3) is 9.26. The number of hydrogen-bond donors (Lipinski definition) is 3. The van der Waals surface area contributed by atoms with Crippen molar-refractivity contribution in [1.82, 2.24) is 29.3 Å². The van der Waals surface area contributed by atoms with Crippen LogP contribution in [0.4, 0.5) is 5.82 Å². The molecule has 0 unspecified atom stereocenters. The lowest BCUT2D eigenvalue weighted by atomic mass is 10.0. The van der Waals surface area contributed by atoms with Crippen LogP contribution in [0, 0.1) is 0 Å². The number of aryl methyl sites for hydroxylation is 1. The lowest BCUT2D eigenvalue weighted by Crippen LogP contribution is -2.45. The van der Waals surface area contributed by atoms with Gasteiger partial charge in [-0.2, -0.15) is 9.97 Å². The van der Waals surface area contributed by atoms with Gasteiger partial charge in [-0.15, -0.1) is 0 Å². The Labute approximate surface area is 257 Å². The van der Waals surface area contributed by atoms with Crippen LogP contribution in [0.1, 0.15) is 63.0 Å². The number of nitrogens with one attached hydrogen (secondary N) is 1. The van der Waals surface area contributed by atoms with Crippen molar-refractivity contribution in [3.05, 3.63) is 45.9 Å². The number of rotatable bonds is 17. The molecule has 4 N–H and O–H groups in total. The number of H-pyrrole nitrogens is 1. The molecule has 3 heterocycles. The number of aliphatic carboxylic acids is 1. The number of unbranched alkanes of at least 4 members (excludes halogenated alkanes) is 1. The van der Waals surface area contributed by atoms with Gasteiger partial charge in [0.05, 0.1) is 20.1 Å². The molecular weight excluding hydrogens is 566 g/mol. The zero-order valence-corrected chi connectivity index (χ0v) is 25.8. The smallest absolute Gasteiger partial charge is 0.327 e. The number of aromatic nitrogens is 4. The third-order valence-corrected chi connectivity index (χ3v) is 8.08. The summed E-state index contributed by atoms with van der Waals surface area (Å²) in [5.74, 6) is -0.855. The normalized spacial score (nSPS) is 14.3. The number of benzene rings is 1. The molecule has 1 saturated heterocycles. The van der Waals surface area contributed by atoms with Crippen LogP contribution in [-0.2, 0) is 33.8 Å². The summed E-state index contributed by atoms with van der Waals surface area (Å²) in [6.07, 6.45) is 5.52. The number of imidazole rings is 1. The average molecular weight is 612 g/mol. The molecule has 13 nitrogen and oxygen atoms in total. The highest BCUT2D eigenvalue weighted by Crippen LogP contribution is 2.22. The van der Waals surface area contributed by atoms with Gasteiger partial charge < -0.3 is 30.2 Å². The van der Waals surface area contributed by atoms with Crippen molar-refractivity contribution in [2.45, 2.75) is 77.4 Å². The summed E-state index contributed by atoms with van der Waals surface area (Å²) in [5, 5.41) is 8.98. The predicted molar refractivity (Wildman–Crippen MR) is 166 cm³/mol. The molecule has 1 aromatic carbocycles. The number of likely N-dealkylation sites (tertiary alicyclic amines) is 1.